The van der Waals surface area contributed by atoms with E-state index in [2.05, 4.69) is 34.1 Å². The van der Waals surface area contributed by atoms with E-state index in [0.717, 1.165) is 38.5 Å². The molecule has 0 unspecified atom stereocenters. The van der Waals surface area contributed by atoms with Crippen molar-refractivity contribution in [1.29, 1.82) is 0 Å². The van der Waals surface area contributed by atoms with E-state index >= 15 is 0 Å². The minimum absolute atomic E-state index is 0.00390. The van der Waals surface area contributed by atoms with Gasteiger partial charge in [0.2, 0.25) is 0 Å². The second-order valence-electron chi connectivity index (χ2n) is 8.22. The van der Waals surface area contributed by atoms with E-state index in [-0.39, 0.29) is 11.9 Å². The van der Waals surface area contributed by atoms with E-state index in [1.165, 1.54) is 5.56 Å². The van der Waals surface area contributed by atoms with E-state index in [4.69, 9.17) is 4.74 Å². The fourth-order valence-electron chi connectivity index (χ4n) is 4.39. The summed E-state index contributed by atoms with van der Waals surface area (Å²) in [5.74, 6) is 0.696. The maximum Gasteiger partial charge on any atom is 0.254 e. The second kappa shape index (κ2) is 10.1. The van der Waals surface area contributed by atoms with Gasteiger partial charge in [0.15, 0.2) is 0 Å². The van der Waals surface area contributed by atoms with Crippen LogP contribution < -0.4 is 4.74 Å². The number of carbonyl (C=O) groups is 1. The number of ether oxygens (including phenoxy) is 1. The molecule has 2 aliphatic rings. The Morgan fingerprint density at radius 3 is 2.42 bits per heavy atom. The molecular formula is C25H31N3O3. The van der Waals surface area contributed by atoms with Gasteiger partial charge in [0.05, 0.1) is 19.3 Å². The average molecular weight is 422 g/mol. The maximum atomic E-state index is 12.8. The summed E-state index contributed by atoms with van der Waals surface area (Å²) in [5.41, 5.74) is 1.85. The first-order valence-electron chi connectivity index (χ1n) is 10.9. The molecule has 31 heavy (non-hydrogen) atoms. The van der Waals surface area contributed by atoms with E-state index in [1.807, 2.05) is 18.2 Å². The number of hydrogen-bond acceptors (Lipinski definition) is 5. The Bertz CT molecular complexity index is 877. The molecule has 2 saturated heterocycles. The quantitative estimate of drug-likeness (QED) is 0.775. The lowest BCUT2D eigenvalue weighted by molar-refractivity contribution is 0.0476. The summed E-state index contributed by atoms with van der Waals surface area (Å²) < 4.78 is 5.16. The standard InChI is InChI=1S/C25H31N3O3/c1-31-22-11-9-21(10-12-22)25(30)28-18-23(24(29)19-28)27-16-14-26(15-17-27)13-5-8-20-6-3-2-4-7-20/h2-12,23-24,29H,13-19H2,1H3/t23-,24-/m0/s1. The molecule has 4 rings (SSSR count). The first-order chi connectivity index (χ1) is 15.1. The summed E-state index contributed by atoms with van der Waals surface area (Å²) in [5, 5.41) is 10.6. The topological polar surface area (TPSA) is 56.2 Å². The van der Waals surface area contributed by atoms with Gasteiger partial charge in [0.1, 0.15) is 5.75 Å². The van der Waals surface area contributed by atoms with E-state index < -0.39 is 6.10 Å². The van der Waals surface area contributed by atoms with Crippen LogP contribution >= 0.6 is 0 Å². The fourth-order valence-corrected chi connectivity index (χ4v) is 4.39. The molecule has 0 saturated carbocycles. The number of hydrogen-bond donors (Lipinski definition) is 1. The molecule has 0 radical (unpaired) electrons. The van der Waals surface area contributed by atoms with Crippen LogP contribution in [0, 0.1) is 0 Å². The summed E-state index contributed by atoms with van der Waals surface area (Å²) in [6, 6.07) is 17.5. The highest BCUT2D eigenvalue weighted by Gasteiger charge is 2.38. The summed E-state index contributed by atoms with van der Waals surface area (Å²) in [6.45, 7) is 5.63. The molecule has 0 aliphatic carbocycles. The Labute approximate surface area is 184 Å². The molecule has 0 spiro atoms. The Balaban J connectivity index is 1.26. The van der Waals surface area contributed by atoms with Crippen LogP contribution in [0.4, 0.5) is 0 Å². The van der Waals surface area contributed by atoms with Crippen LogP contribution in [0.15, 0.2) is 60.7 Å². The van der Waals surface area contributed by atoms with Crippen molar-refractivity contribution in [3.05, 3.63) is 71.8 Å². The van der Waals surface area contributed by atoms with Gasteiger partial charge in [-0.25, -0.2) is 0 Å². The van der Waals surface area contributed by atoms with Gasteiger partial charge in [-0.3, -0.25) is 14.6 Å². The third-order valence-corrected chi connectivity index (χ3v) is 6.23. The molecule has 2 aromatic carbocycles. The molecule has 1 N–H and O–H groups in total. The van der Waals surface area contributed by atoms with Crippen LogP contribution in [0.1, 0.15) is 15.9 Å². The highest BCUT2D eigenvalue weighted by molar-refractivity contribution is 5.94. The van der Waals surface area contributed by atoms with Crippen molar-refractivity contribution in [2.75, 3.05) is 52.9 Å². The molecule has 2 aliphatic heterocycles. The first-order valence-corrected chi connectivity index (χ1v) is 10.9. The number of likely N-dealkylation sites (tertiary alicyclic amines) is 1. The Hall–Kier alpha value is -2.67. The minimum Gasteiger partial charge on any atom is -0.497 e. The highest BCUT2D eigenvalue weighted by atomic mass is 16.5. The van der Waals surface area contributed by atoms with Gasteiger partial charge in [0.25, 0.3) is 5.91 Å². The fraction of sp³-hybridized carbons (Fsp3) is 0.400. The molecule has 6 nitrogen and oxygen atoms in total. The second-order valence-corrected chi connectivity index (χ2v) is 8.22. The number of amides is 1. The van der Waals surface area contributed by atoms with Gasteiger partial charge in [-0.1, -0.05) is 42.5 Å². The van der Waals surface area contributed by atoms with Gasteiger partial charge in [-0.15, -0.1) is 0 Å². The lowest BCUT2D eigenvalue weighted by Gasteiger charge is -2.38. The number of benzene rings is 2. The van der Waals surface area contributed by atoms with Gasteiger partial charge < -0.3 is 14.7 Å². The van der Waals surface area contributed by atoms with Crippen molar-refractivity contribution >= 4 is 12.0 Å². The van der Waals surface area contributed by atoms with Gasteiger partial charge >= 0.3 is 0 Å². The average Bonchev–Trinajstić information content (AvgIpc) is 3.21. The van der Waals surface area contributed by atoms with E-state index in [9.17, 15) is 9.90 Å². The van der Waals surface area contributed by atoms with Crippen LogP contribution in [0.2, 0.25) is 0 Å². The van der Waals surface area contributed by atoms with Crippen molar-refractivity contribution in [1.82, 2.24) is 14.7 Å². The van der Waals surface area contributed by atoms with Crippen LogP contribution in [0.3, 0.4) is 0 Å². The molecule has 2 heterocycles. The molecular weight excluding hydrogens is 390 g/mol. The number of rotatable bonds is 6. The van der Waals surface area contributed by atoms with Gasteiger partial charge in [-0.05, 0) is 29.8 Å². The van der Waals surface area contributed by atoms with Crippen LogP contribution in [0.25, 0.3) is 6.08 Å². The Morgan fingerprint density at radius 2 is 1.74 bits per heavy atom. The zero-order chi connectivity index (χ0) is 21.6. The van der Waals surface area contributed by atoms with Crippen molar-refractivity contribution in [2.45, 2.75) is 12.1 Å². The number of carbonyl (C=O) groups excluding carboxylic acids is 1. The summed E-state index contributed by atoms with van der Waals surface area (Å²) in [4.78, 5) is 19.4. The maximum absolute atomic E-state index is 12.8. The molecule has 2 atom stereocenters. The van der Waals surface area contributed by atoms with Crippen LogP contribution in [0.5, 0.6) is 5.75 Å². The number of piperazine rings is 1. The Morgan fingerprint density at radius 1 is 1.03 bits per heavy atom. The number of β-amino-alcohol motifs (C(OH)–C–C–N with tert-alkyl or cyclic N) is 1. The van der Waals surface area contributed by atoms with E-state index in [1.54, 1.807) is 36.3 Å². The SMILES string of the molecule is COc1ccc(C(=O)N2C[C@H](O)[C@@H](N3CCN(CC=Cc4ccccc4)CC3)C2)cc1. The molecule has 6 heteroatoms. The summed E-state index contributed by atoms with van der Waals surface area (Å²) >= 11 is 0. The largest absolute Gasteiger partial charge is 0.497 e. The number of methoxy groups -OCH3 is 1. The zero-order valence-electron chi connectivity index (χ0n) is 18.1. The normalized spacial score (nSPS) is 22.8. The van der Waals surface area contributed by atoms with Crippen LogP contribution in [-0.2, 0) is 0 Å². The predicted octanol–water partition coefficient (Wildman–Crippen LogP) is 2.21. The first kappa shape index (κ1) is 21.6. The predicted molar refractivity (Wildman–Crippen MR) is 122 cm³/mol. The van der Waals surface area contributed by atoms with Crippen molar-refractivity contribution in [3.63, 3.8) is 0 Å². The summed E-state index contributed by atoms with van der Waals surface area (Å²) in [6.07, 6.45) is 3.87. The van der Waals surface area contributed by atoms with Gasteiger partial charge in [0, 0.05) is 51.4 Å². The van der Waals surface area contributed by atoms with Crippen molar-refractivity contribution < 1.29 is 14.6 Å². The molecule has 2 aromatic rings. The van der Waals surface area contributed by atoms with Crippen molar-refractivity contribution in [2.24, 2.45) is 0 Å². The number of nitrogens with zero attached hydrogens (tertiary/aromatic N) is 3. The lowest BCUT2D eigenvalue weighted by Crippen LogP contribution is -2.53. The van der Waals surface area contributed by atoms with E-state index in [0.29, 0.717) is 18.7 Å². The number of aliphatic hydroxyl groups excluding tert-OH is 1. The Kier molecular flexibility index (Phi) is 7.02. The smallest absolute Gasteiger partial charge is 0.254 e. The third-order valence-electron chi connectivity index (χ3n) is 6.23. The highest BCUT2D eigenvalue weighted by Crippen LogP contribution is 2.21. The zero-order valence-corrected chi connectivity index (χ0v) is 18.1. The van der Waals surface area contributed by atoms with Crippen molar-refractivity contribution in [3.8, 4) is 5.75 Å². The van der Waals surface area contributed by atoms with Crippen LogP contribution in [-0.4, -0.2) is 90.8 Å². The minimum atomic E-state index is -0.508. The monoisotopic (exact) mass is 421 g/mol. The molecule has 0 aromatic heterocycles. The number of aliphatic hydroxyl groups is 1. The molecule has 0 bridgehead atoms. The molecule has 164 valence electrons. The molecule has 1 amide bonds. The third kappa shape index (κ3) is 5.34. The lowest BCUT2D eigenvalue weighted by atomic mass is 10.1. The summed E-state index contributed by atoms with van der Waals surface area (Å²) in [7, 11) is 1.61. The molecule has 2 fully saturated rings. The van der Waals surface area contributed by atoms with Gasteiger partial charge in [-0.2, -0.15) is 0 Å².